The number of ether oxygens (including phenoxy) is 1. The van der Waals surface area contributed by atoms with Gasteiger partial charge in [-0.25, -0.2) is 8.78 Å². The number of fused-ring (bicyclic) bond motifs is 2. The number of alkyl halides is 2. The maximum absolute atomic E-state index is 14.8. The topological polar surface area (TPSA) is 9.23 Å². The molecule has 31 heavy (non-hydrogen) atoms. The molecule has 170 valence electrons. The van der Waals surface area contributed by atoms with Crippen LogP contribution in [0.2, 0.25) is 0 Å². The fourth-order valence-electron chi connectivity index (χ4n) is 6.03. The molecular weight excluding hydrogens is 404 g/mol. The van der Waals surface area contributed by atoms with Gasteiger partial charge in [0.25, 0.3) is 0 Å². The molecule has 2 aromatic carbocycles. The Morgan fingerprint density at radius 3 is 2.52 bits per heavy atom. The van der Waals surface area contributed by atoms with Gasteiger partial charge in [0, 0.05) is 0 Å². The Morgan fingerprint density at radius 1 is 0.968 bits per heavy atom. The van der Waals surface area contributed by atoms with Gasteiger partial charge >= 0.3 is 6.61 Å². The third-order valence-electron chi connectivity index (χ3n) is 7.62. The van der Waals surface area contributed by atoms with Crippen LogP contribution in [-0.4, -0.2) is 6.61 Å². The molecule has 0 bridgehead atoms. The van der Waals surface area contributed by atoms with Gasteiger partial charge in [0.15, 0.2) is 11.6 Å². The van der Waals surface area contributed by atoms with Crippen LogP contribution in [0.25, 0.3) is 10.8 Å². The lowest BCUT2D eigenvalue weighted by Crippen LogP contribution is -2.30. The highest BCUT2D eigenvalue weighted by Gasteiger charge is 2.36. The fraction of sp³-hybridized carbons (Fsp3) is 0.615. The summed E-state index contributed by atoms with van der Waals surface area (Å²) in [4.78, 5) is 0. The van der Waals surface area contributed by atoms with E-state index in [9.17, 15) is 17.6 Å². The quantitative estimate of drug-likeness (QED) is 0.312. The largest absolute Gasteiger partial charge is 0.432 e. The van der Waals surface area contributed by atoms with E-state index in [1.807, 2.05) is 6.07 Å². The van der Waals surface area contributed by atoms with Gasteiger partial charge in [0.1, 0.15) is 5.82 Å². The Bertz CT molecular complexity index is 897. The van der Waals surface area contributed by atoms with Crippen LogP contribution in [0.5, 0.6) is 5.75 Å². The van der Waals surface area contributed by atoms with Crippen LogP contribution in [0.4, 0.5) is 17.6 Å². The van der Waals surface area contributed by atoms with Gasteiger partial charge in [0.05, 0.1) is 5.39 Å². The zero-order valence-electron chi connectivity index (χ0n) is 18.2. The molecule has 0 aliphatic heterocycles. The number of hydrogen-bond acceptors (Lipinski definition) is 1. The lowest BCUT2D eigenvalue weighted by atomic mass is 9.63. The number of unbranched alkanes of at least 4 members (excludes halogenated alkanes) is 2. The van der Waals surface area contributed by atoms with E-state index in [2.05, 4.69) is 11.7 Å². The van der Waals surface area contributed by atoms with E-state index in [0.717, 1.165) is 36.3 Å². The molecule has 2 aromatic rings. The van der Waals surface area contributed by atoms with Crippen molar-refractivity contribution in [3.63, 3.8) is 0 Å². The van der Waals surface area contributed by atoms with Crippen molar-refractivity contribution in [1.29, 1.82) is 0 Å². The van der Waals surface area contributed by atoms with Crippen molar-refractivity contribution in [2.24, 2.45) is 17.8 Å². The highest BCUT2D eigenvalue weighted by atomic mass is 19.3. The first-order chi connectivity index (χ1) is 15.0. The summed E-state index contributed by atoms with van der Waals surface area (Å²) in [5.41, 5.74) is 0.899. The first kappa shape index (κ1) is 22.4. The van der Waals surface area contributed by atoms with Crippen LogP contribution in [0.15, 0.2) is 24.3 Å². The van der Waals surface area contributed by atoms with E-state index in [1.54, 1.807) is 0 Å². The van der Waals surface area contributed by atoms with Crippen molar-refractivity contribution >= 4 is 10.8 Å². The Labute approximate surface area is 182 Å². The number of halogens is 4. The van der Waals surface area contributed by atoms with Crippen molar-refractivity contribution in [2.75, 3.05) is 0 Å². The average molecular weight is 437 g/mol. The third kappa shape index (κ3) is 5.01. The third-order valence-corrected chi connectivity index (χ3v) is 7.62. The van der Waals surface area contributed by atoms with Crippen molar-refractivity contribution in [3.05, 3.63) is 41.5 Å². The highest BCUT2D eigenvalue weighted by molar-refractivity contribution is 5.86. The molecule has 0 saturated heterocycles. The number of benzene rings is 2. The molecule has 1 nitrogen and oxygen atoms in total. The summed E-state index contributed by atoms with van der Waals surface area (Å²) in [5.74, 6) is 0.239. The van der Waals surface area contributed by atoms with Gasteiger partial charge in [-0.2, -0.15) is 8.78 Å². The Balaban J connectivity index is 1.47. The Morgan fingerprint density at radius 2 is 1.74 bits per heavy atom. The van der Waals surface area contributed by atoms with Crippen molar-refractivity contribution in [3.8, 4) is 5.75 Å². The zero-order valence-corrected chi connectivity index (χ0v) is 18.2. The van der Waals surface area contributed by atoms with Crippen molar-refractivity contribution < 1.29 is 22.3 Å². The second-order valence-corrected chi connectivity index (χ2v) is 9.56. The van der Waals surface area contributed by atoms with Crippen LogP contribution in [0.1, 0.15) is 82.6 Å². The molecule has 5 heteroatoms. The van der Waals surface area contributed by atoms with Gasteiger partial charge in [-0.1, -0.05) is 51.2 Å². The molecule has 4 rings (SSSR count). The normalized spacial score (nSPS) is 26.3. The summed E-state index contributed by atoms with van der Waals surface area (Å²) in [6, 6.07) is 5.85. The summed E-state index contributed by atoms with van der Waals surface area (Å²) < 4.78 is 58.5. The Hall–Kier alpha value is -1.78. The molecule has 2 fully saturated rings. The lowest BCUT2D eigenvalue weighted by Gasteiger charge is -2.42. The van der Waals surface area contributed by atoms with Crippen LogP contribution < -0.4 is 4.74 Å². The summed E-state index contributed by atoms with van der Waals surface area (Å²) >= 11 is 0. The molecule has 0 N–H and O–H groups in total. The molecule has 2 aliphatic rings. The van der Waals surface area contributed by atoms with Crippen molar-refractivity contribution in [1.82, 2.24) is 0 Å². The standard InChI is InChI=1S/C26H32F4O/c1-2-3-4-5-16-6-7-18-13-19(9-8-17(18)12-16)21-14-20-10-11-23(31-26(29)30)25(28)24(20)22(27)15-21/h10-11,14-19,26H,2-9,12-13H2,1H3. The zero-order chi connectivity index (χ0) is 22.0. The second kappa shape index (κ2) is 9.79. The molecule has 0 heterocycles. The maximum atomic E-state index is 14.8. The maximum Gasteiger partial charge on any atom is 0.387 e. The minimum atomic E-state index is -3.15. The second-order valence-electron chi connectivity index (χ2n) is 9.56. The molecule has 2 aliphatic carbocycles. The molecule has 0 spiro atoms. The summed E-state index contributed by atoms with van der Waals surface area (Å²) in [5, 5.41) is 0.124. The summed E-state index contributed by atoms with van der Waals surface area (Å²) in [6.07, 6.45) is 12.5. The van der Waals surface area contributed by atoms with Crippen LogP contribution in [0.3, 0.4) is 0 Å². The fourth-order valence-corrected chi connectivity index (χ4v) is 6.03. The van der Waals surface area contributed by atoms with E-state index in [-0.39, 0.29) is 11.3 Å². The van der Waals surface area contributed by atoms with E-state index in [1.165, 1.54) is 63.5 Å². The lowest BCUT2D eigenvalue weighted by molar-refractivity contribution is -0.0520. The van der Waals surface area contributed by atoms with Crippen LogP contribution in [0, 0.1) is 29.4 Å². The SMILES string of the molecule is CCCCCC1CCC2CC(c3cc(F)c4c(F)c(OC(F)F)ccc4c3)CCC2C1. The van der Waals surface area contributed by atoms with Gasteiger partial charge < -0.3 is 4.74 Å². The van der Waals surface area contributed by atoms with Gasteiger partial charge in [-0.15, -0.1) is 0 Å². The van der Waals surface area contributed by atoms with Crippen molar-refractivity contribution in [2.45, 2.75) is 83.7 Å². The molecule has 0 radical (unpaired) electrons. The van der Waals surface area contributed by atoms with E-state index in [4.69, 9.17) is 0 Å². The van der Waals surface area contributed by atoms with E-state index >= 15 is 0 Å². The van der Waals surface area contributed by atoms with Crippen LogP contribution >= 0.6 is 0 Å². The Kier molecular flexibility index (Phi) is 7.08. The molecule has 4 atom stereocenters. The first-order valence-corrected chi connectivity index (χ1v) is 11.8. The summed E-state index contributed by atoms with van der Waals surface area (Å²) in [6.45, 7) is -0.899. The highest BCUT2D eigenvalue weighted by Crippen LogP contribution is 2.49. The molecule has 2 saturated carbocycles. The molecule has 0 aromatic heterocycles. The number of hydrogen-bond donors (Lipinski definition) is 0. The molecular formula is C26H32F4O. The monoisotopic (exact) mass is 436 g/mol. The minimum absolute atomic E-state index is 0.275. The smallest absolute Gasteiger partial charge is 0.387 e. The van der Waals surface area contributed by atoms with Gasteiger partial charge in [-0.05, 0) is 78.9 Å². The van der Waals surface area contributed by atoms with Crippen LogP contribution in [-0.2, 0) is 0 Å². The number of rotatable bonds is 7. The summed E-state index contributed by atoms with van der Waals surface area (Å²) in [7, 11) is 0. The van der Waals surface area contributed by atoms with Gasteiger partial charge in [-0.3, -0.25) is 0 Å². The predicted molar refractivity (Wildman–Crippen MR) is 116 cm³/mol. The minimum Gasteiger partial charge on any atom is -0.432 e. The molecule has 4 unspecified atom stereocenters. The molecule has 0 amide bonds. The van der Waals surface area contributed by atoms with E-state index in [0.29, 0.717) is 11.3 Å². The first-order valence-electron chi connectivity index (χ1n) is 11.8. The van der Waals surface area contributed by atoms with Gasteiger partial charge in [0.2, 0.25) is 0 Å². The van der Waals surface area contributed by atoms with E-state index < -0.39 is 24.0 Å². The average Bonchev–Trinajstić information content (AvgIpc) is 2.75. The predicted octanol–water partition coefficient (Wildman–Crippen LogP) is 8.60.